The number of hydrogen-bond acceptors (Lipinski definition) is 1. The monoisotopic (exact) mass is 109 g/mol. The Balaban J connectivity index is 2.20. The molecule has 1 fully saturated rings. The molecule has 0 spiro atoms. The molecule has 1 heterocycles. The van der Waals surface area contributed by atoms with E-state index in [2.05, 4.69) is 11.4 Å². The molecule has 8 heavy (non-hydrogen) atoms. The van der Waals surface area contributed by atoms with Gasteiger partial charge in [0.1, 0.15) is 0 Å². The topological polar surface area (TPSA) is 12.0 Å². The first-order valence-electron chi connectivity index (χ1n) is 3.39. The van der Waals surface area contributed by atoms with Crippen LogP contribution in [-0.4, -0.2) is 12.6 Å². The number of rotatable bonds is 0. The molecule has 2 aliphatic rings. The van der Waals surface area contributed by atoms with Crippen molar-refractivity contribution in [2.75, 3.05) is 6.54 Å². The van der Waals surface area contributed by atoms with E-state index in [1.165, 1.54) is 19.3 Å². The SMILES string of the molecule is C1=C2CCCC2NC1. The minimum Gasteiger partial charge on any atom is -0.307 e. The molecule has 1 saturated carbocycles. The summed E-state index contributed by atoms with van der Waals surface area (Å²) >= 11 is 0. The van der Waals surface area contributed by atoms with Crippen LogP contribution in [-0.2, 0) is 0 Å². The largest absolute Gasteiger partial charge is 0.307 e. The zero-order valence-corrected chi connectivity index (χ0v) is 4.98. The normalized spacial score (nSPS) is 35.0. The van der Waals surface area contributed by atoms with E-state index in [1.807, 2.05) is 0 Å². The fourth-order valence-electron chi connectivity index (χ4n) is 1.68. The second-order valence-electron chi connectivity index (χ2n) is 2.63. The minimum absolute atomic E-state index is 0.787. The van der Waals surface area contributed by atoms with Crippen molar-refractivity contribution in [1.82, 2.24) is 5.32 Å². The van der Waals surface area contributed by atoms with E-state index in [0.717, 1.165) is 12.6 Å². The highest BCUT2D eigenvalue weighted by atomic mass is 14.9. The van der Waals surface area contributed by atoms with Gasteiger partial charge in [-0.15, -0.1) is 0 Å². The van der Waals surface area contributed by atoms with Crippen molar-refractivity contribution in [3.8, 4) is 0 Å². The van der Waals surface area contributed by atoms with E-state index < -0.39 is 0 Å². The van der Waals surface area contributed by atoms with Crippen LogP contribution < -0.4 is 5.32 Å². The summed E-state index contributed by atoms with van der Waals surface area (Å²) in [6.45, 7) is 1.12. The van der Waals surface area contributed by atoms with Gasteiger partial charge in [-0.05, 0) is 19.3 Å². The molecule has 1 N–H and O–H groups in total. The molecule has 0 aromatic heterocycles. The Hall–Kier alpha value is -0.300. The van der Waals surface area contributed by atoms with Crippen LogP contribution in [0.25, 0.3) is 0 Å². The smallest absolute Gasteiger partial charge is 0.0282 e. The lowest BCUT2D eigenvalue weighted by Crippen LogP contribution is -2.20. The predicted octanol–water partition coefficient (Wildman–Crippen LogP) is 1.07. The van der Waals surface area contributed by atoms with Crippen molar-refractivity contribution in [2.24, 2.45) is 0 Å². The van der Waals surface area contributed by atoms with Gasteiger partial charge < -0.3 is 5.32 Å². The third-order valence-electron chi connectivity index (χ3n) is 2.13. The van der Waals surface area contributed by atoms with Gasteiger partial charge in [0.25, 0.3) is 0 Å². The maximum Gasteiger partial charge on any atom is 0.0282 e. The molecule has 2 rings (SSSR count). The van der Waals surface area contributed by atoms with Crippen LogP contribution in [0.1, 0.15) is 19.3 Å². The lowest BCUT2D eigenvalue weighted by atomic mass is 10.2. The van der Waals surface area contributed by atoms with Crippen molar-refractivity contribution >= 4 is 0 Å². The molecular weight excluding hydrogens is 98.1 g/mol. The first-order chi connectivity index (χ1) is 3.97. The van der Waals surface area contributed by atoms with Gasteiger partial charge in [-0.2, -0.15) is 0 Å². The van der Waals surface area contributed by atoms with E-state index in [0.29, 0.717) is 0 Å². The zero-order valence-electron chi connectivity index (χ0n) is 4.98. The Labute approximate surface area is 49.8 Å². The summed E-state index contributed by atoms with van der Waals surface area (Å²) in [6, 6.07) is 0.787. The van der Waals surface area contributed by atoms with E-state index in [1.54, 1.807) is 5.57 Å². The van der Waals surface area contributed by atoms with Crippen molar-refractivity contribution in [2.45, 2.75) is 25.3 Å². The van der Waals surface area contributed by atoms with Gasteiger partial charge in [0, 0.05) is 12.6 Å². The Bertz CT molecular complexity index is 126. The Morgan fingerprint density at radius 1 is 1.62 bits per heavy atom. The fourth-order valence-corrected chi connectivity index (χ4v) is 1.68. The molecule has 0 radical (unpaired) electrons. The third-order valence-corrected chi connectivity index (χ3v) is 2.13. The van der Waals surface area contributed by atoms with Crippen LogP contribution in [0.5, 0.6) is 0 Å². The van der Waals surface area contributed by atoms with Crippen molar-refractivity contribution < 1.29 is 0 Å². The maximum atomic E-state index is 3.43. The molecule has 1 nitrogen and oxygen atoms in total. The van der Waals surface area contributed by atoms with E-state index in [-0.39, 0.29) is 0 Å². The molecule has 1 heteroatoms. The van der Waals surface area contributed by atoms with E-state index in [4.69, 9.17) is 0 Å². The molecule has 44 valence electrons. The molecule has 0 aromatic rings. The lowest BCUT2D eigenvalue weighted by Gasteiger charge is -2.02. The Morgan fingerprint density at radius 2 is 2.62 bits per heavy atom. The van der Waals surface area contributed by atoms with Gasteiger partial charge in [-0.3, -0.25) is 0 Å². The molecule has 0 bridgehead atoms. The molecule has 0 saturated heterocycles. The summed E-state index contributed by atoms with van der Waals surface area (Å²) in [4.78, 5) is 0. The molecule has 1 atom stereocenters. The third kappa shape index (κ3) is 0.511. The predicted molar refractivity (Wildman–Crippen MR) is 33.7 cm³/mol. The highest BCUT2D eigenvalue weighted by Gasteiger charge is 2.22. The zero-order chi connectivity index (χ0) is 5.40. The second kappa shape index (κ2) is 1.59. The average molecular weight is 109 g/mol. The van der Waals surface area contributed by atoms with Crippen molar-refractivity contribution in [3.63, 3.8) is 0 Å². The quantitative estimate of drug-likeness (QED) is 0.459. The van der Waals surface area contributed by atoms with E-state index in [9.17, 15) is 0 Å². The number of nitrogens with one attached hydrogen (secondary N) is 1. The van der Waals surface area contributed by atoms with Crippen LogP contribution in [0.2, 0.25) is 0 Å². The van der Waals surface area contributed by atoms with Crippen LogP contribution >= 0.6 is 0 Å². The number of fused-ring (bicyclic) bond motifs is 1. The van der Waals surface area contributed by atoms with Gasteiger partial charge in [0.15, 0.2) is 0 Å². The molecule has 0 amide bonds. The van der Waals surface area contributed by atoms with Crippen LogP contribution in [0.15, 0.2) is 11.6 Å². The van der Waals surface area contributed by atoms with Crippen molar-refractivity contribution in [3.05, 3.63) is 11.6 Å². The Kier molecular flexibility index (Phi) is 0.908. The van der Waals surface area contributed by atoms with Gasteiger partial charge >= 0.3 is 0 Å². The minimum atomic E-state index is 0.787. The van der Waals surface area contributed by atoms with Crippen LogP contribution in [0.3, 0.4) is 0 Å². The highest BCUT2D eigenvalue weighted by Crippen LogP contribution is 2.26. The molecule has 1 aliphatic heterocycles. The van der Waals surface area contributed by atoms with Gasteiger partial charge in [-0.1, -0.05) is 11.6 Å². The van der Waals surface area contributed by atoms with Gasteiger partial charge in [-0.25, -0.2) is 0 Å². The lowest BCUT2D eigenvalue weighted by molar-refractivity contribution is 0.646. The summed E-state index contributed by atoms with van der Waals surface area (Å²) in [7, 11) is 0. The summed E-state index contributed by atoms with van der Waals surface area (Å²) in [5.41, 5.74) is 1.67. The van der Waals surface area contributed by atoms with Crippen molar-refractivity contribution in [1.29, 1.82) is 0 Å². The first kappa shape index (κ1) is 4.57. The first-order valence-corrected chi connectivity index (χ1v) is 3.39. The highest BCUT2D eigenvalue weighted by molar-refractivity contribution is 5.20. The van der Waals surface area contributed by atoms with Gasteiger partial charge in [0.05, 0.1) is 0 Å². The fraction of sp³-hybridized carbons (Fsp3) is 0.714. The van der Waals surface area contributed by atoms with Crippen LogP contribution in [0, 0.1) is 0 Å². The molecule has 1 unspecified atom stereocenters. The van der Waals surface area contributed by atoms with E-state index >= 15 is 0 Å². The molecule has 1 aliphatic carbocycles. The summed E-state index contributed by atoms with van der Waals surface area (Å²) in [6.07, 6.45) is 6.49. The molecular formula is C7H11N. The summed E-state index contributed by atoms with van der Waals surface area (Å²) in [5, 5.41) is 3.43. The number of hydrogen-bond donors (Lipinski definition) is 1. The second-order valence-corrected chi connectivity index (χ2v) is 2.63. The van der Waals surface area contributed by atoms with Gasteiger partial charge in [0.2, 0.25) is 0 Å². The standard InChI is InChI=1S/C7H11N/c1-2-6-4-5-8-7(6)3-1/h4,7-8H,1-3,5H2. The maximum absolute atomic E-state index is 3.43. The summed E-state index contributed by atoms with van der Waals surface area (Å²) < 4.78 is 0. The average Bonchev–Trinajstić information content (AvgIpc) is 2.15. The van der Waals surface area contributed by atoms with Crippen LogP contribution in [0.4, 0.5) is 0 Å². The Morgan fingerprint density at radius 3 is 3.50 bits per heavy atom. The summed E-state index contributed by atoms with van der Waals surface area (Å²) in [5.74, 6) is 0. The molecule has 0 aromatic carbocycles.